The SMILES string of the molecule is CC(C)NC(=O)c1cn(-c2cccc(-c3ccccc3)c2)c2ncccc2c1=O. The third-order valence-electron chi connectivity index (χ3n) is 4.66. The number of benzene rings is 2. The number of hydrogen-bond acceptors (Lipinski definition) is 3. The Bertz CT molecular complexity index is 1240. The topological polar surface area (TPSA) is 64.0 Å². The third-order valence-corrected chi connectivity index (χ3v) is 4.66. The van der Waals surface area contributed by atoms with E-state index in [0.29, 0.717) is 11.0 Å². The molecule has 0 aliphatic carbocycles. The lowest BCUT2D eigenvalue weighted by molar-refractivity contribution is 0.0941. The molecule has 0 bridgehead atoms. The fourth-order valence-electron chi connectivity index (χ4n) is 3.32. The Hall–Kier alpha value is -3.73. The number of aromatic nitrogens is 2. The molecule has 1 N–H and O–H groups in total. The summed E-state index contributed by atoms with van der Waals surface area (Å²) in [5, 5.41) is 3.22. The number of carbonyl (C=O) groups excluding carboxylic acids is 1. The van der Waals surface area contributed by atoms with Crippen LogP contribution in [0.1, 0.15) is 24.2 Å². The van der Waals surface area contributed by atoms with Gasteiger partial charge < -0.3 is 9.88 Å². The smallest absolute Gasteiger partial charge is 0.256 e. The Morgan fingerprint density at radius 3 is 2.48 bits per heavy atom. The zero-order valence-electron chi connectivity index (χ0n) is 16.3. The molecule has 4 rings (SSSR count). The molecule has 5 nitrogen and oxygen atoms in total. The summed E-state index contributed by atoms with van der Waals surface area (Å²) in [5.41, 5.74) is 3.26. The Morgan fingerprint density at radius 2 is 1.72 bits per heavy atom. The molecule has 0 radical (unpaired) electrons. The average Bonchev–Trinajstić information content (AvgIpc) is 2.74. The Balaban J connectivity index is 1.93. The molecule has 0 atom stereocenters. The molecule has 0 aliphatic rings. The van der Waals surface area contributed by atoms with Crippen molar-refractivity contribution in [1.82, 2.24) is 14.9 Å². The van der Waals surface area contributed by atoms with Crippen LogP contribution in [-0.4, -0.2) is 21.5 Å². The van der Waals surface area contributed by atoms with Crippen LogP contribution in [0.15, 0.2) is 83.9 Å². The lowest BCUT2D eigenvalue weighted by Crippen LogP contribution is -2.34. The predicted octanol–water partition coefficient (Wildman–Crippen LogP) is 4.19. The van der Waals surface area contributed by atoms with E-state index in [0.717, 1.165) is 16.8 Å². The minimum atomic E-state index is -0.385. The summed E-state index contributed by atoms with van der Waals surface area (Å²) in [4.78, 5) is 30.0. The van der Waals surface area contributed by atoms with E-state index in [9.17, 15) is 9.59 Å². The van der Waals surface area contributed by atoms with Gasteiger partial charge in [0.15, 0.2) is 0 Å². The lowest BCUT2D eigenvalue weighted by Gasteiger charge is -2.15. The van der Waals surface area contributed by atoms with Gasteiger partial charge in [0.2, 0.25) is 5.43 Å². The number of carbonyl (C=O) groups is 1. The van der Waals surface area contributed by atoms with Crippen molar-refractivity contribution in [3.05, 3.63) is 94.9 Å². The van der Waals surface area contributed by atoms with Crippen LogP contribution in [0.3, 0.4) is 0 Å². The molecular weight excluding hydrogens is 362 g/mol. The second-order valence-corrected chi connectivity index (χ2v) is 7.16. The van der Waals surface area contributed by atoms with Crippen molar-refractivity contribution < 1.29 is 4.79 Å². The first kappa shape index (κ1) is 18.6. The van der Waals surface area contributed by atoms with Crippen molar-refractivity contribution in [3.8, 4) is 16.8 Å². The van der Waals surface area contributed by atoms with E-state index >= 15 is 0 Å². The normalized spacial score (nSPS) is 11.0. The number of pyridine rings is 2. The molecule has 29 heavy (non-hydrogen) atoms. The highest BCUT2D eigenvalue weighted by atomic mass is 16.2. The molecule has 5 heteroatoms. The van der Waals surface area contributed by atoms with Crippen molar-refractivity contribution in [2.75, 3.05) is 0 Å². The summed E-state index contributed by atoms with van der Waals surface area (Å²) in [7, 11) is 0. The van der Waals surface area contributed by atoms with Gasteiger partial charge in [0.05, 0.1) is 5.39 Å². The number of hydrogen-bond donors (Lipinski definition) is 1. The van der Waals surface area contributed by atoms with E-state index in [1.165, 1.54) is 0 Å². The quantitative estimate of drug-likeness (QED) is 0.575. The van der Waals surface area contributed by atoms with Crippen LogP contribution >= 0.6 is 0 Å². The molecule has 2 aromatic carbocycles. The molecule has 2 heterocycles. The predicted molar refractivity (Wildman–Crippen MR) is 115 cm³/mol. The number of fused-ring (bicyclic) bond motifs is 1. The largest absolute Gasteiger partial charge is 0.350 e. The zero-order valence-corrected chi connectivity index (χ0v) is 16.3. The van der Waals surface area contributed by atoms with Crippen LogP contribution in [0.2, 0.25) is 0 Å². The van der Waals surface area contributed by atoms with E-state index < -0.39 is 0 Å². The van der Waals surface area contributed by atoms with Crippen LogP contribution in [0, 0.1) is 0 Å². The van der Waals surface area contributed by atoms with Gasteiger partial charge in [0.25, 0.3) is 5.91 Å². The molecule has 2 aromatic heterocycles. The maximum Gasteiger partial charge on any atom is 0.256 e. The van der Waals surface area contributed by atoms with Crippen molar-refractivity contribution in [2.45, 2.75) is 19.9 Å². The van der Waals surface area contributed by atoms with Crippen molar-refractivity contribution in [2.24, 2.45) is 0 Å². The van der Waals surface area contributed by atoms with Gasteiger partial charge >= 0.3 is 0 Å². The van der Waals surface area contributed by atoms with E-state index in [-0.39, 0.29) is 22.9 Å². The van der Waals surface area contributed by atoms with Gasteiger partial charge in [-0.05, 0) is 49.2 Å². The van der Waals surface area contributed by atoms with Gasteiger partial charge in [0.1, 0.15) is 11.2 Å². The second kappa shape index (κ2) is 7.72. The van der Waals surface area contributed by atoms with Crippen LogP contribution in [0.4, 0.5) is 0 Å². The van der Waals surface area contributed by atoms with Gasteiger partial charge in [-0.2, -0.15) is 0 Å². The van der Waals surface area contributed by atoms with Gasteiger partial charge in [-0.3, -0.25) is 9.59 Å². The molecule has 1 amide bonds. The van der Waals surface area contributed by atoms with Crippen molar-refractivity contribution >= 4 is 16.9 Å². The first-order chi connectivity index (χ1) is 14.0. The number of amides is 1. The number of rotatable bonds is 4. The standard InChI is InChI=1S/C24H21N3O2/c1-16(2)26-24(29)21-15-27(23-20(22(21)28)12-7-13-25-23)19-11-6-10-18(14-19)17-8-4-3-5-9-17/h3-16H,1-2H3,(H,26,29). The van der Waals surface area contributed by atoms with Crippen LogP contribution < -0.4 is 10.7 Å². The molecule has 0 aliphatic heterocycles. The second-order valence-electron chi connectivity index (χ2n) is 7.16. The molecule has 144 valence electrons. The van der Waals surface area contributed by atoms with Gasteiger partial charge in [-0.1, -0.05) is 42.5 Å². The molecular formula is C24H21N3O2. The summed E-state index contributed by atoms with van der Waals surface area (Å²) in [6.07, 6.45) is 3.23. The molecule has 0 spiro atoms. The van der Waals surface area contributed by atoms with Crippen LogP contribution in [-0.2, 0) is 0 Å². The van der Waals surface area contributed by atoms with Gasteiger partial charge in [-0.25, -0.2) is 4.98 Å². The van der Waals surface area contributed by atoms with Crippen molar-refractivity contribution in [1.29, 1.82) is 0 Å². The average molecular weight is 383 g/mol. The third kappa shape index (κ3) is 3.67. The summed E-state index contributed by atoms with van der Waals surface area (Å²) >= 11 is 0. The summed E-state index contributed by atoms with van der Waals surface area (Å²) in [5.74, 6) is -0.385. The fourth-order valence-corrected chi connectivity index (χ4v) is 3.32. The highest BCUT2D eigenvalue weighted by molar-refractivity contribution is 5.97. The first-order valence-electron chi connectivity index (χ1n) is 9.51. The van der Waals surface area contributed by atoms with Crippen molar-refractivity contribution in [3.63, 3.8) is 0 Å². The molecule has 0 saturated carbocycles. The fraction of sp³-hybridized carbons (Fsp3) is 0.125. The highest BCUT2D eigenvalue weighted by Gasteiger charge is 2.17. The van der Waals surface area contributed by atoms with E-state index in [1.54, 1.807) is 29.1 Å². The Kier molecular flexibility index (Phi) is 4.96. The first-order valence-corrected chi connectivity index (χ1v) is 9.51. The molecule has 4 aromatic rings. The van der Waals surface area contributed by atoms with E-state index in [4.69, 9.17) is 0 Å². The molecule has 0 unspecified atom stereocenters. The Labute approximate surface area is 168 Å². The summed E-state index contributed by atoms with van der Waals surface area (Å²) in [6.45, 7) is 3.73. The van der Waals surface area contributed by atoms with Gasteiger partial charge in [0, 0.05) is 24.1 Å². The zero-order chi connectivity index (χ0) is 20.4. The Morgan fingerprint density at radius 1 is 0.966 bits per heavy atom. The highest BCUT2D eigenvalue weighted by Crippen LogP contribution is 2.23. The monoisotopic (exact) mass is 383 g/mol. The van der Waals surface area contributed by atoms with Crippen LogP contribution in [0.25, 0.3) is 27.8 Å². The van der Waals surface area contributed by atoms with E-state index in [1.807, 2.05) is 68.4 Å². The van der Waals surface area contributed by atoms with Gasteiger partial charge in [-0.15, -0.1) is 0 Å². The van der Waals surface area contributed by atoms with E-state index in [2.05, 4.69) is 10.3 Å². The summed E-state index contributed by atoms with van der Waals surface area (Å²) in [6, 6.07) is 21.3. The minimum Gasteiger partial charge on any atom is -0.350 e. The molecule has 0 fully saturated rings. The maximum absolute atomic E-state index is 12.9. The number of nitrogens with zero attached hydrogens (tertiary/aromatic N) is 2. The van der Waals surface area contributed by atoms with Crippen LogP contribution in [0.5, 0.6) is 0 Å². The lowest BCUT2D eigenvalue weighted by atomic mass is 10.0. The minimum absolute atomic E-state index is 0.0682. The molecule has 0 saturated heterocycles. The maximum atomic E-state index is 12.9. The number of nitrogens with one attached hydrogen (secondary N) is 1. The summed E-state index contributed by atoms with van der Waals surface area (Å²) < 4.78 is 1.80.